The van der Waals surface area contributed by atoms with Crippen molar-refractivity contribution in [2.75, 3.05) is 36.2 Å². The number of nitrogens with one attached hydrogen (secondary N) is 2. The van der Waals surface area contributed by atoms with Gasteiger partial charge >= 0.3 is 0 Å². The summed E-state index contributed by atoms with van der Waals surface area (Å²) >= 11 is 9.17. The summed E-state index contributed by atoms with van der Waals surface area (Å²) in [7, 11) is 1.49. The number of aromatic nitrogens is 2. The third kappa shape index (κ3) is 5.70. The van der Waals surface area contributed by atoms with Crippen molar-refractivity contribution in [2.45, 2.75) is 12.5 Å². The Hall–Kier alpha value is -2.65. The van der Waals surface area contributed by atoms with Gasteiger partial charge in [0.25, 0.3) is 5.91 Å². The molecule has 0 spiro atoms. The highest BCUT2D eigenvalue weighted by Crippen LogP contribution is 2.23. The van der Waals surface area contributed by atoms with E-state index in [9.17, 15) is 9.59 Å². The molecule has 158 valence electrons. The molecule has 1 aliphatic heterocycles. The Labute approximate surface area is 187 Å². The standard InChI is InChI=1S/C20H21BrClN5O3/c1-30-18-16(22)11-23-20(26-18)25-15-8-10-27(12-15)19(29)13-4-6-14(7-5-13)24-17(28)3-2-9-21/h2-7,11,15H,8-10,12H2,1H3,(H,24,28)(H,23,25,26)/b3-2+/t15-/m0/s1. The van der Waals surface area contributed by atoms with Crippen molar-refractivity contribution in [3.63, 3.8) is 0 Å². The van der Waals surface area contributed by atoms with Gasteiger partial charge in [-0.05, 0) is 30.7 Å². The van der Waals surface area contributed by atoms with E-state index in [2.05, 4.69) is 36.5 Å². The van der Waals surface area contributed by atoms with Crippen LogP contribution in [0.3, 0.4) is 0 Å². The van der Waals surface area contributed by atoms with Gasteiger partial charge in [-0.2, -0.15) is 4.98 Å². The van der Waals surface area contributed by atoms with E-state index in [0.29, 0.717) is 46.5 Å². The molecule has 30 heavy (non-hydrogen) atoms. The molecule has 0 unspecified atom stereocenters. The lowest BCUT2D eigenvalue weighted by atomic mass is 10.2. The second kappa shape index (κ2) is 10.4. The first kappa shape index (κ1) is 22.0. The van der Waals surface area contributed by atoms with Crippen LogP contribution in [0.5, 0.6) is 5.88 Å². The minimum atomic E-state index is -0.219. The predicted molar refractivity (Wildman–Crippen MR) is 120 cm³/mol. The molecular formula is C20H21BrClN5O3. The molecule has 2 aromatic rings. The molecule has 0 aliphatic carbocycles. The lowest BCUT2D eigenvalue weighted by molar-refractivity contribution is -0.111. The van der Waals surface area contributed by atoms with Crippen LogP contribution in [0.2, 0.25) is 5.02 Å². The molecule has 10 heteroatoms. The highest BCUT2D eigenvalue weighted by atomic mass is 79.9. The molecule has 2 heterocycles. The molecule has 1 aliphatic rings. The number of hydrogen-bond acceptors (Lipinski definition) is 6. The number of anilines is 2. The average Bonchev–Trinajstić information content (AvgIpc) is 3.22. The Kier molecular flexibility index (Phi) is 7.64. The number of likely N-dealkylation sites (tertiary alicyclic amines) is 1. The molecule has 0 saturated carbocycles. The smallest absolute Gasteiger partial charge is 0.253 e. The van der Waals surface area contributed by atoms with Gasteiger partial charge < -0.3 is 20.3 Å². The Morgan fingerprint density at radius 3 is 2.83 bits per heavy atom. The third-order valence-electron chi connectivity index (χ3n) is 4.47. The van der Waals surface area contributed by atoms with Gasteiger partial charge in [0.2, 0.25) is 17.7 Å². The van der Waals surface area contributed by atoms with Crippen LogP contribution in [0.4, 0.5) is 11.6 Å². The number of nitrogens with zero attached hydrogens (tertiary/aromatic N) is 3. The second-order valence-electron chi connectivity index (χ2n) is 6.56. The summed E-state index contributed by atoms with van der Waals surface area (Å²) in [5.41, 5.74) is 1.19. The first-order valence-electron chi connectivity index (χ1n) is 9.26. The summed E-state index contributed by atoms with van der Waals surface area (Å²) < 4.78 is 5.10. The maximum Gasteiger partial charge on any atom is 0.253 e. The lowest BCUT2D eigenvalue weighted by Gasteiger charge is -2.17. The first-order valence-corrected chi connectivity index (χ1v) is 10.8. The van der Waals surface area contributed by atoms with Gasteiger partial charge in [-0.1, -0.05) is 33.6 Å². The normalized spacial score (nSPS) is 16.0. The van der Waals surface area contributed by atoms with Crippen molar-refractivity contribution < 1.29 is 14.3 Å². The van der Waals surface area contributed by atoms with Gasteiger partial charge in [0.05, 0.1) is 13.3 Å². The number of hydrogen-bond donors (Lipinski definition) is 2. The van der Waals surface area contributed by atoms with Crippen molar-refractivity contribution in [2.24, 2.45) is 0 Å². The lowest BCUT2D eigenvalue weighted by Crippen LogP contribution is -2.31. The molecule has 1 atom stereocenters. The Morgan fingerprint density at radius 1 is 1.37 bits per heavy atom. The molecule has 8 nitrogen and oxygen atoms in total. The molecular weight excluding hydrogens is 474 g/mol. The number of halogens is 2. The van der Waals surface area contributed by atoms with Gasteiger partial charge in [-0.25, -0.2) is 4.98 Å². The zero-order chi connectivity index (χ0) is 21.5. The summed E-state index contributed by atoms with van der Waals surface area (Å²) in [6, 6.07) is 6.87. The van der Waals surface area contributed by atoms with Crippen molar-refractivity contribution in [3.05, 3.63) is 53.2 Å². The summed E-state index contributed by atoms with van der Waals surface area (Å²) in [4.78, 5) is 34.6. The Balaban J connectivity index is 1.56. The third-order valence-corrected chi connectivity index (χ3v) is 5.10. The van der Waals surface area contributed by atoms with E-state index < -0.39 is 0 Å². The fraction of sp³-hybridized carbons (Fsp3) is 0.300. The molecule has 1 aromatic heterocycles. The van der Waals surface area contributed by atoms with E-state index in [1.54, 1.807) is 35.2 Å². The molecule has 0 radical (unpaired) electrons. The molecule has 2 N–H and O–H groups in total. The Bertz CT molecular complexity index is 939. The van der Waals surface area contributed by atoms with Gasteiger partial charge in [-0.15, -0.1) is 0 Å². The van der Waals surface area contributed by atoms with Crippen LogP contribution in [0.1, 0.15) is 16.8 Å². The van der Waals surface area contributed by atoms with Crippen LogP contribution >= 0.6 is 27.5 Å². The maximum atomic E-state index is 12.8. The summed E-state index contributed by atoms with van der Waals surface area (Å²) in [5.74, 6) is 0.425. The van der Waals surface area contributed by atoms with E-state index in [1.807, 2.05) is 0 Å². The van der Waals surface area contributed by atoms with Gasteiger partial charge in [-0.3, -0.25) is 9.59 Å². The van der Waals surface area contributed by atoms with Crippen LogP contribution in [-0.2, 0) is 4.79 Å². The number of allylic oxidation sites excluding steroid dienone is 1. The fourth-order valence-electron chi connectivity index (χ4n) is 3.02. The topological polar surface area (TPSA) is 96.5 Å². The number of methoxy groups -OCH3 is 1. The first-order chi connectivity index (χ1) is 14.5. The highest BCUT2D eigenvalue weighted by molar-refractivity contribution is 9.09. The van der Waals surface area contributed by atoms with Crippen molar-refractivity contribution in [1.82, 2.24) is 14.9 Å². The van der Waals surface area contributed by atoms with Crippen LogP contribution in [0.15, 0.2) is 42.6 Å². The van der Waals surface area contributed by atoms with Crippen molar-refractivity contribution in [1.29, 1.82) is 0 Å². The average molecular weight is 495 g/mol. The molecule has 0 bridgehead atoms. The quantitative estimate of drug-likeness (QED) is 0.453. The van der Waals surface area contributed by atoms with E-state index in [4.69, 9.17) is 16.3 Å². The molecule has 1 saturated heterocycles. The number of ether oxygens (including phenoxy) is 1. The molecule has 2 amide bonds. The number of benzene rings is 1. The van der Waals surface area contributed by atoms with E-state index in [0.717, 1.165) is 6.42 Å². The SMILES string of the molecule is COc1nc(N[C@H]2CCN(C(=O)c3ccc(NC(=O)/C=C/CBr)cc3)C2)ncc1Cl. The van der Waals surface area contributed by atoms with Crippen LogP contribution in [-0.4, -0.2) is 58.3 Å². The van der Waals surface area contributed by atoms with E-state index >= 15 is 0 Å². The fourth-order valence-corrected chi connectivity index (χ4v) is 3.38. The summed E-state index contributed by atoms with van der Waals surface area (Å²) in [6.07, 6.45) is 5.40. The number of amides is 2. The van der Waals surface area contributed by atoms with Gasteiger partial charge in [0.1, 0.15) is 5.02 Å². The number of carbonyl (C=O) groups is 2. The zero-order valence-corrected chi connectivity index (χ0v) is 18.6. The minimum Gasteiger partial charge on any atom is -0.480 e. The maximum absolute atomic E-state index is 12.8. The van der Waals surface area contributed by atoms with Gasteiger partial charge in [0, 0.05) is 41.8 Å². The summed E-state index contributed by atoms with van der Waals surface area (Å²) in [5, 5.41) is 6.91. The van der Waals surface area contributed by atoms with Gasteiger partial charge in [0.15, 0.2) is 0 Å². The second-order valence-corrected chi connectivity index (χ2v) is 7.61. The Morgan fingerprint density at radius 2 is 2.13 bits per heavy atom. The largest absolute Gasteiger partial charge is 0.480 e. The zero-order valence-electron chi connectivity index (χ0n) is 16.3. The number of alkyl halides is 1. The number of rotatable bonds is 7. The molecule has 1 fully saturated rings. The van der Waals surface area contributed by atoms with Crippen LogP contribution in [0, 0.1) is 0 Å². The van der Waals surface area contributed by atoms with Crippen LogP contribution in [0.25, 0.3) is 0 Å². The minimum absolute atomic E-state index is 0.0274. The number of carbonyl (C=O) groups excluding carboxylic acids is 2. The van der Waals surface area contributed by atoms with E-state index in [-0.39, 0.29) is 17.9 Å². The molecule has 1 aromatic carbocycles. The predicted octanol–water partition coefficient (Wildman–Crippen LogP) is 3.35. The van der Waals surface area contributed by atoms with Crippen LogP contribution < -0.4 is 15.4 Å². The van der Waals surface area contributed by atoms with Crippen molar-refractivity contribution in [3.8, 4) is 5.88 Å². The van der Waals surface area contributed by atoms with E-state index in [1.165, 1.54) is 19.4 Å². The molecule has 3 rings (SSSR count). The monoisotopic (exact) mass is 493 g/mol. The van der Waals surface area contributed by atoms with Crippen molar-refractivity contribution >= 4 is 51.0 Å². The summed E-state index contributed by atoms with van der Waals surface area (Å²) in [6.45, 7) is 1.15. The highest BCUT2D eigenvalue weighted by Gasteiger charge is 2.27.